The number of hydrogen-bond donors (Lipinski definition) is 0. The Bertz CT molecular complexity index is 373. The van der Waals surface area contributed by atoms with Crippen molar-refractivity contribution in [1.82, 2.24) is 0 Å². The third kappa shape index (κ3) is 3.60. The molecule has 1 nitrogen and oxygen atoms in total. The smallest absolute Gasteiger partial charge is 0.192 e. The lowest BCUT2D eigenvalue weighted by Crippen LogP contribution is -2.46. The number of rotatable bonds is 2. The van der Waals surface area contributed by atoms with E-state index in [1.807, 2.05) is 0 Å². The quantitative estimate of drug-likeness (QED) is 0.482. The Hall–Kier alpha value is -0.343. The normalized spacial score (nSPS) is 33.0. The van der Waals surface area contributed by atoms with Crippen LogP contribution in [0.3, 0.4) is 0 Å². The van der Waals surface area contributed by atoms with Crippen molar-refractivity contribution in [3.05, 3.63) is 23.8 Å². The fourth-order valence-electron chi connectivity index (χ4n) is 2.81. The summed E-state index contributed by atoms with van der Waals surface area (Å²) in [6.07, 6.45) is 13.9. The highest BCUT2D eigenvalue weighted by Gasteiger charge is 2.41. The molecule has 0 N–H and O–H groups in total. The highest BCUT2D eigenvalue weighted by atomic mass is 28.4. The molecule has 2 aliphatic carbocycles. The lowest BCUT2D eigenvalue weighted by Gasteiger charge is -2.43. The Labute approximate surface area is 120 Å². The summed E-state index contributed by atoms with van der Waals surface area (Å²) in [6, 6.07) is 0. The van der Waals surface area contributed by atoms with Crippen LogP contribution in [0.1, 0.15) is 52.9 Å². The molecule has 2 heteroatoms. The first-order chi connectivity index (χ1) is 8.79. The highest BCUT2D eigenvalue weighted by molar-refractivity contribution is 6.74. The Morgan fingerprint density at radius 1 is 1.21 bits per heavy atom. The van der Waals surface area contributed by atoms with Gasteiger partial charge in [-0.3, -0.25) is 0 Å². The summed E-state index contributed by atoms with van der Waals surface area (Å²) < 4.78 is 6.69. The minimum Gasteiger partial charge on any atom is -0.413 e. The van der Waals surface area contributed by atoms with Crippen molar-refractivity contribution in [2.45, 2.75) is 77.1 Å². The first-order valence-electron chi connectivity index (χ1n) is 7.82. The van der Waals surface area contributed by atoms with Gasteiger partial charge in [-0.1, -0.05) is 44.6 Å². The van der Waals surface area contributed by atoms with Crippen LogP contribution in [0.25, 0.3) is 0 Å². The zero-order chi connectivity index (χ0) is 14.1. The largest absolute Gasteiger partial charge is 0.413 e. The Balaban J connectivity index is 2.09. The molecule has 0 aromatic heterocycles. The SMILES string of the molecule is CC(C)(C)[Si](C)(C)OC1CC/C2=C/CC/C=C\[C@H]1C2. The van der Waals surface area contributed by atoms with E-state index in [9.17, 15) is 0 Å². The molecule has 19 heavy (non-hydrogen) atoms. The van der Waals surface area contributed by atoms with Gasteiger partial charge in [0.25, 0.3) is 0 Å². The summed E-state index contributed by atoms with van der Waals surface area (Å²) >= 11 is 0. The molecule has 2 atom stereocenters. The maximum atomic E-state index is 6.69. The molecule has 1 saturated carbocycles. The lowest BCUT2D eigenvalue weighted by atomic mass is 9.81. The summed E-state index contributed by atoms with van der Waals surface area (Å²) in [5.41, 5.74) is 1.67. The monoisotopic (exact) mass is 278 g/mol. The molecule has 0 saturated heterocycles. The summed E-state index contributed by atoms with van der Waals surface area (Å²) in [5.74, 6) is 0.620. The van der Waals surface area contributed by atoms with E-state index in [1.54, 1.807) is 5.57 Å². The van der Waals surface area contributed by atoms with E-state index in [4.69, 9.17) is 4.43 Å². The minimum atomic E-state index is -1.63. The van der Waals surface area contributed by atoms with Gasteiger partial charge in [0.2, 0.25) is 0 Å². The average molecular weight is 279 g/mol. The highest BCUT2D eigenvalue weighted by Crippen LogP contribution is 2.41. The number of fused-ring (bicyclic) bond motifs is 2. The van der Waals surface area contributed by atoms with E-state index in [2.05, 4.69) is 52.1 Å². The third-order valence-corrected chi connectivity index (χ3v) is 9.63. The standard InChI is InChI=1S/C17H30OSi/c1-17(2,3)19(4,5)18-16-12-11-14-9-7-6-8-10-15(16)13-14/h8-10,15-16H,6-7,11-13H2,1-5H3/b10-8-,14-9-/t15-,16?/m0/s1. The number of hydrogen-bond acceptors (Lipinski definition) is 1. The predicted molar refractivity (Wildman–Crippen MR) is 85.9 cm³/mol. The van der Waals surface area contributed by atoms with E-state index in [0.717, 1.165) is 0 Å². The molecule has 0 heterocycles. The fourth-order valence-corrected chi connectivity index (χ4v) is 4.21. The van der Waals surface area contributed by atoms with Gasteiger partial charge in [0, 0.05) is 5.92 Å². The van der Waals surface area contributed by atoms with E-state index >= 15 is 0 Å². The van der Waals surface area contributed by atoms with E-state index < -0.39 is 8.32 Å². The van der Waals surface area contributed by atoms with Gasteiger partial charge in [-0.05, 0) is 50.2 Å². The maximum absolute atomic E-state index is 6.69. The van der Waals surface area contributed by atoms with Gasteiger partial charge in [0.1, 0.15) is 0 Å². The Morgan fingerprint density at radius 2 is 1.95 bits per heavy atom. The Kier molecular flexibility index (Phi) is 4.41. The van der Waals surface area contributed by atoms with Gasteiger partial charge in [-0.15, -0.1) is 0 Å². The number of allylic oxidation sites excluding steroid dienone is 3. The Morgan fingerprint density at radius 3 is 2.63 bits per heavy atom. The van der Waals surface area contributed by atoms with E-state index in [0.29, 0.717) is 17.1 Å². The first-order valence-corrected chi connectivity index (χ1v) is 10.7. The molecule has 2 rings (SSSR count). The molecule has 0 aromatic carbocycles. The summed E-state index contributed by atoms with van der Waals surface area (Å²) in [7, 11) is -1.63. The summed E-state index contributed by atoms with van der Waals surface area (Å²) in [6.45, 7) is 11.8. The van der Waals surface area contributed by atoms with Crippen LogP contribution in [0.15, 0.2) is 23.8 Å². The van der Waals surface area contributed by atoms with Crippen molar-refractivity contribution in [1.29, 1.82) is 0 Å². The van der Waals surface area contributed by atoms with Crippen LogP contribution in [0.5, 0.6) is 0 Å². The molecule has 0 spiro atoms. The molecular formula is C17H30OSi. The zero-order valence-corrected chi connectivity index (χ0v) is 14.3. The zero-order valence-electron chi connectivity index (χ0n) is 13.3. The van der Waals surface area contributed by atoms with Crippen molar-refractivity contribution in [3.8, 4) is 0 Å². The van der Waals surface area contributed by atoms with E-state index in [-0.39, 0.29) is 0 Å². The summed E-state index contributed by atoms with van der Waals surface area (Å²) in [4.78, 5) is 0. The molecular weight excluding hydrogens is 248 g/mol. The topological polar surface area (TPSA) is 9.23 Å². The summed E-state index contributed by atoms with van der Waals surface area (Å²) in [5, 5.41) is 0.314. The molecule has 0 amide bonds. The average Bonchev–Trinajstić information content (AvgIpc) is 2.25. The van der Waals surface area contributed by atoms with E-state index in [1.165, 1.54) is 32.1 Å². The van der Waals surface area contributed by atoms with Gasteiger partial charge in [0.05, 0.1) is 6.10 Å². The van der Waals surface area contributed by atoms with Gasteiger partial charge in [-0.25, -0.2) is 0 Å². The third-order valence-electron chi connectivity index (χ3n) is 5.13. The molecule has 0 aromatic rings. The second-order valence-corrected chi connectivity index (χ2v) is 12.4. The van der Waals surface area contributed by atoms with Crippen molar-refractivity contribution >= 4 is 8.32 Å². The van der Waals surface area contributed by atoms with Crippen molar-refractivity contribution in [2.75, 3.05) is 0 Å². The molecule has 2 aliphatic rings. The van der Waals surface area contributed by atoms with Crippen molar-refractivity contribution in [3.63, 3.8) is 0 Å². The minimum absolute atomic E-state index is 0.314. The molecule has 0 aliphatic heterocycles. The van der Waals surface area contributed by atoms with Gasteiger partial charge < -0.3 is 4.43 Å². The second-order valence-electron chi connectivity index (χ2n) is 7.69. The van der Waals surface area contributed by atoms with Gasteiger partial charge in [-0.2, -0.15) is 0 Å². The first kappa shape index (κ1) is 15.1. The van der Waals surface area contributed by atoms with Crippen LogP contribution in [-0.2, 0) is 4.43 Å². The molecule has 0 radical (unpaired) electrons. The fraction of sp³-hybridized carbons (Fsp3) is 0.765. The van der Waals surface area contributed by atoms with Crippen molar-refractivity contribution < 1.29 is 4.43 Å². The molecule has 2 bridgehead atoms. The van der Waals surface area contributed by atoms with Crippen LogP contribution < -0.4 is 0 Å². The lowest BCUT2D eigenvalue weighted by molar-refractivity contribution is 0.115. The maximum Gasteiger partial charge on any atom is 0.192 e. The van der Waals surface area contributed by atoms with Gasteiger partial charge >= 0.3 is 0 Å². The van der Waals surface area contributed by atoms with Crippen LogP contribution in [0.2, 0.25) is 18.1 Å². The van der Waals surface area contributed by atoms with Crippen LogP contribution in [-0.4, -0.2) is 14.4 Å². The molecule has 1 fully saturated rings. The molecule has 108 valence electrons. The predicted octanol–water partition coefficient (Wildman–Crippen LogP) is 5.45. The van der Waals surface area contributed by atoms with Gasteiger partial charge in [0.15, 0.2) is 8.32 Å². The second kappa shape index (κ2) is 5.57. The van der Waals surface area contributed by atoms with Crippen LogP contribution in [0.4, 0.5) is 0 Å². The van der Waals surface area contributed by atoms with Crippen LogP contribution in [0, 0.1) is 5.92 Å². The van der Waals surface area contributed by atoms with Crippen molar-refractivity contribution in [2.24, 2.45) is 5.92 Å². The van der Waals surface area contributed by atoms with Crippen LogP contribution >= 0.6 is 0 Å². The molecule has 1 unspecified atom stereocenters.